The lowest BCUT2D eigenvalue weighted by molar-refractivity contribution is 0.273. The van der Waals surface area contributed by atoms with Crippen molar-refractivity contribution >= 4 is 15.9 Å². The number of hydrogen-bond acceptors (Lipinski definition) is 4. The molecule has 0 bridgehead atoms. The van der Waals surface area contributed by atoms with Crippen LogP contribution in [0.5, 0.6) is 0 Å². The molecule has 6 nitrogen and oxygen atoms in total. The Balaban J connectivity index is 2.54. The Morgan fingerprint density at radius 1 is 1.50 bits per heavy atom. The number of aliphatic hydroxyl groups is 1. The zero-order chi connectivity index (χ0) is 10.1. The zero-order valence-electron chi connectivity index (χ0n) is 7.42. The maximum Gasteiger partial charge on any atom is 0.129 e. The molecule has 0 aliphatic heterocycles. The molecule has 7 heteroatoms. The average Bonchev–Trinajstić information content (AvgIpc) is 2.75. The first-order valence-corrected chi connectivity index (χ1v) is 4.71. The summed E-state index contributed by atoms with van der Waals surface area (Å²) in [5, 5.41) is 20.6. The normalized spacial score (nSPS) is 10.8. The maximum absolute atomic E-state index is 9.02. The smallest absolute Gasteiger partial charge is 0.129 e. The van der Waals surface area contributed by atoms with Crippen LogP contribution in [0.1, 0.15) is 5.69 Å². The summed E-state index contributed by atoms with van der Waals surface area (Å²) in [5.41, 5.74) is 1.38. The molecule has 2 rings (SSSR count). The van der Waals surface area contributed by atoms with E-state index in [4.69, 9.17) is 5.11 Å². The zero-order valence-corrected chi connectivity index (χ0v) is 9.01. The van der Waals surface area contributed by atoms with Gasteiger partial charge in [-0.1, -0.05) is 5.21 Å². The van der Waals surface area contributed by atoms with Crippen LogP contribution in [0, 0.1) is 0 Å². The first-order chi connectivity index (χ1) is 6.74. The van der Waals surface area contributed by atoms with Gasteiger partial charge in [-0.3, -0.25) is 4.68 Å². The largest absolute Gasteiger partial charge is 0.390 e. The molecule has 0 aromatic carbocycles. The van der Waals surface area contributed by atoms with Gasteiger partial charge in [0.2, 0.25) is 0 Å². The first kappa shape index (κ1) is 9.35. The molecule has 0 radical (unpaired) electrons. The Hall–Kier alpha value is -1.21. The minimum Gasteiger partial charge on any atom is -0.390 e. The number of rotatable bonds is 2. The van der Waals surface area contributed by atoms with Crippen molar-refractivity contribution < 1.29 is 5.11 Å². The quantitative estimate of drug-likeness (QED) is 0.838. The van der Waals surface area contributed by atoms with Crippen molar-refractivity contribution in [1.82, 2.24) is 24.8 Å². The lowest BCUT2D eigenvalue weighted by atomic mass is 10.4. The number of aliphatic hydroxyl groups excluding tert-OH is 1. The van der Waals surface area contributed by atoms with E-state index in [1.165, 1.54) is 10.9 Å². The summed E-state index contributed by atoms with van der Waals surface area (Å²) in [4.78, 5) is 0. The van der Waals surface area contributed by atoms with Crippen molar-refractivity contribution in [2.75, 3.05) is 0 Å². The van der Waals surface area contributed by atoms with Crippen LogP contribution in [-0.2, 0) is 13.7 Å². The Kier molecular flexibility index (Phi) is 2.34. The Morgan fingerprint density at radius 3 is 2.86 bits per heavy atom. The summed E-state index contributed by atoms with van der Waals surface area (Å²) in [6.45, 7) is -0.103. The fourth-order valence-electron chi connectivity index (χ4n) is 1.12. The molecule has 0 aliphatic rings. The summed E-state index contributed by atoms with van der Waals surface area (Å²) in [5.74, 6) is 0. The van der Waals surface area contributed by atoms with Crippen LogP contribution in [-0.4, -0.2) is 29.9 Å². The van der Waals surface area contributed by atoms with E-state index in [1.54, 1.807) is 10.9 Å². The number of hydrogen-bond donors (Lipinski definition) is 1. The minimum atomic E-state index is -0.103. The summed E-state index contributed by atoms with van der Waals surface area (Å²) in [6.07, 6.45) is 3.16. The third-order valence-corrected chi connectivity index (χ3v) is 2.78. The van der Waals surface area contributed by atoms with Crippen molar-refractivity contribution in [3.05, 3.63) is 22.7 Å². The van der Waals surface area contributed by atoms with Crippen LogP contribution in [0.2, 0.25) is 0 Å². The second kappa shape index (κ2) is 3.50. The van der Waals surface area contributed by atoms with Gasteiger partial charge in [-0.05, 0) is 15.9 Å². The highest BCUT2D eigenvalue weighted by Gasteiger charge is 2.11. The van der Waals surface area contributed by atoms with Crippen LogP contribution < -0.4 is 0 Å². The number of aryl methyl sites for hydroxylation is 1. The molecule has 0 saturated carbocycles. The average molecular weight is 258 g/mol. The van der Waals surface area contributed by atoms with Crippen LogP contribution in [0.15, 0.2) is 17.0 Å². The molecular weight excluding hydrogens is 250 g/mol. The Morgan fingerprint density at radius 2 is 2.29 bits per heavy atom. The van der Waals surface area contributed by atoms with Gasteiger partial charge in [0.05, 0.1) is 24.7 Å². The number of aromatic nitrogens is 5. The molecule has 2 aromatic rings. The van der Waals surface area contributed by atoms with E-state index >= 15 is 0 Å². The summed E-state index contributed by atoms with van der Waals surface area (Å²) < 4.78 is 3.99. The Labute approximate surface area is 88.3 Å². The van der Waals surface area contributed by atoms with Crippen molar-refractivity contribution in [3.63, 3.8) is 0 Å². The van der Waals surface area contributed by atoms with Gasteiger partial charge < -0.3 is 5.11 Å². The van der Waals surface area contributed by atoms with E-state index in [0.29, 0.717) is 5.69 Å². The van der Waals surface area contributed by atoms with Gasteiger partial charge in [0.15, 0.2) is 0 Å². The molecule has 0 unspecified atom stereocenters. The summed E-state index contributed by atoms with van der Waals surface area (Å²) in [6, 6.07) is 0. The second-order valence-corrected chi connectivity index (χ2v) is 3.49. The van der Waals surface area contributed by atoms with Gasteiger partial charge in [0.25, 0.3) is 0 Å². The van der Waals surface area contributed by atoms with Gasteiger partial charge >= 0.3 is 0 Å². The molecule has 2 heterocycles. The van der Waals surface area contributed by atoms with E-state index in [9.17, 15) is 0 Å². The monoisotopic (exact) mass is 257 g/mol. The van der Waals surface area contributed by atoms with Gasteiger partial charge in [-0.25, -0.2) is 4.68 Å². The van der Waals surface area contributed by atoms with E-state index in [2.05, 4.69) is 31.3 Å². The molecule has 14 heavy (non-hydrogen) atoms. The van der Waals surface area contributed by atoms with Crippen molar-refractivity contribution in [2.45, 2.75) is 6.61 Å². The topological polar surface area (TPSA) is 68.8 Å². The number of halogens is 1. The fourth-order valence-corrected chi connectivity index (χ4v) is 1.48. The molecule has 0 saturated heterocycles. The minimum absolute atomic E-state index is 0.103. The molecule has 0 spiro atoms. The van der Waals surface area contributed by atoms with Crippen molar-refractivity contribution in [1.29, 1.82) is 0 Å². The lowest BCUT2D eigenvalue weighted by Gasteiger charge is -2.01. The van der Waals surface area contributed by atoms with Crippen LogP contribution in [0.25, 0.3) is 5.69 Å². The molecule has 0 aliphatic carbocycles. The summed E-state index contributed by atoms with van der Waals surface area (Å²) >= 11 is 3.37. The third-order valence-electron chi connectivity index (χ3n) is 1.86. The summed E-state index contributed by atoms with van der Waals surface area (Å²) in [7, 11) is 1.81. The molecule has 2 aromatic heterocycles. The fraction of sp³-hybridized carbons (Fsp3) is 0.286. The molecule has 74 valence electrons. The first-order valence-electron chi connectivity index (χ1n) is 3.92. The molecule has 0 atom stereocenters. The highest BCUT2D eigenvalue weighted by molar-refractivity contribution is 9.10. The van der Waals surface area contributed by atoms with E-state index in [0.717, 1.165) is 10.3 Å². The van der Waals surface area contributed by atoms with Crippen LogP contribution >= 0.6 is 15.9 Å². The Bertz CT molecular complexity index is 449. The van der Waals surface area contributed by atoms with E-state index in [-0.39, 0.29) is 6.61 Å². The highest BCUT2D eigenvalue weighted by atomic mass is 79.9. The lowest BCUT2D eigenvalue weighted by Crippen LogP contribution is -2.02. The predicted molar refractivity (Wildman–Crippen MR) is 51.7 cm³/mol. The van der Waals surface area contributed by atoms with Crippen LogP contribution in [0.3, 0.4) is 0 Å². The van der Waals surface area contributed by atoms with Gasteiger partial charge in [0.1, 0.15) is 10.3 Å². The van der Waals surface area contributed by atoms with Gasteiger partial charge in [0, 0.05) is 7.05 Å². The second-order valence-electron chi connectivity index (χ2n) is 2.74. The molecule has 0 amide bonds. The standard InChI is InChI=1S/C7H8BrN5O/c1-12-7(8)6(3-10-12)13-5(4-14)2-9-11-13/h2-3,14H,4H2,1H3. The highest BCUT2D eigenvalue weighted by Crippen LogP contribution is 2.19. The third kappa shape index (κ3) is 1.34. The van der Waals surface area contributed by atoms with Crippen molar-refractivity contribution in [2.24, 2.45) is 7.05 Å². The molecule has 0 fully saturated rings. The molecule has 1 N–H and O–H groups in total. The van der Waals surface area contributed by atoms with Crippen molar-refractivity contribution in [3.8, 4) is 5.69 Å². The van der Waals surface area contributed by atoms with Crippen LogP contribution in [0.4, 0.5) is 0 Å². The maximum atomic E-state index is 9.02. The SMILES string of the molecule is Cn1ncc(-n2nncc2CO)c1Br. The van der Waals surface area contributed by atoms with E-state index < -0.39 is 0 Å². The van der Waals surface area contributed by atoms with Gasteiger partial charge in [-0.15, -0.1) is 5.10 Å². The van der Waals surface area contributed by atoms with E-state index in [1.807, 2.05) is 7.05 Å². The predicted octanol–water partition coefficient (Wildman–Crippen LogP) is 0.256. The van der Waals surface area contributed by atoms with Gasteiger partial charge in [-0.2, -0.15) is 5.10 Å². The number of nitrogens with zero attached hydrogens (tertiary/aromatic N) is 5. The molecular formula is C7H8BrN5O.